The van der Waals surface area contributed by atoms with Crippen molar-refractivity contribution in [2.75, 3.05) is 0 Å². The number of rotatable bonds is 5. The first-order valence-corrected chi connectivity index (χ1v) is 11.5. The van der Waals surface area contributed by atoms with Crippen molar-refractivity contribution in [3.8, 4) is 5.75 Å². The van der Waals surface area contributed by atoms with Crippen LogP contribution in [0.25, 0.3) is 6.08 Å². The lowest BCUT2D eigenvalue weighted by atomic mass is 10.1. The number of carbonyl (C=O) groups is 1. The fourth-order valence-electron chi connectivity index (χ4n) is 3.09. The highest BCUT2D eigenvalue weighted by atomic mass is 35.5. The molecule has 0 atom stereocenters. The number of hydrogen-bond acceptors (Lipinski definition) is 4. The summed E-state index contributed by atoms with van der Waals surface area (Å²) in [6.07, 6.45) is 1.77. The summed E-state index contributed by atoms with van der Waals surface area (Å²) in [5.41, 5.74) is 4.80. The van der Waals surface area contributed by atoms with E-state index in [2.05, 4.69) is 17.2 Å². The van der Waals surface area contributed by atoms with Gasteiger partial charge >= 0.3 is 0 Å². The molecule has 1 fully saturated rings. The Balaban J connectivity index is 1.56. The number of halogens is 2. The summed E-state index contributed by atoms with van der Waals surface area (Å²) in [4.78, 5) is 17.6. The first-order valence-electron chi connectivity index (χ1n) is 9.91. The van der Waals surface area contributed by atoms with E-state index in [9.17, 15) is 4.79 Å². The molecule has 1 aliphatic heterocycles. The van der Waals surface area contributed by atoms with Gasteiger partial charge in [-0.25, -0.2) is 4.99 Å². The van der Waals surface area contributed by atoms with Gasteiger partial charge < -0.3 is 10.1 Å². The normalized spacial score (nSPS) is 15.9. The maximum Gasteiger partial charge on any atom is 0.264 e. The van der Waals surface area contributed by atoms with Crippen LogP contribution < -0.4 is 10.1 Å². The number of aryl methyl sites for hydroxylation is 2. The van der Waals surface area contributed by atoms with E-state index in [0.717, 1.165) is 16.8 Å². The van der Waals surface area contributed by atoms with Crippen LogP contribution in [0.15, 0.2) is 70.6 Å². The van der Waals surface area contributed by atoms with E-state index in [4.69, 9.17) is 27.9 Å². The number of nitrogens with one attached hydrogen (secondary N) is 1. The van der Waals surface area contributed by atoms with Gasteiger partial charge in [0.1, 0.15) is 12.4 Å². The monoisotopic (exact) mass is 482 g/mol. The van der Waals surface area contributed by atoms with Gasteiger partial charge in [-0.2, -0.15) is 0 Å². The molecule has 0 aromatic heterocycles. The largest absolute Gasteiger partial charge is 0.488 e. The smallest absolute Gasteiger partial charge is 0.264 e. The first kappa shape index (κ1) is 22.5. The SMILES string of the molecule is Cc1ccc(N=C2NC(=O)/C(=C/c3cc(Cl)ccc3OCc3cccc(Cl)c3)S2)cc1C. The Bertz CT molecular complexity index is 1250. The quantitative estimate of drug-likeness (QED) is 0.395. The average Bonchev–Trinajstić information content (AvgIpc) is 3.09. The average molecular weight is 483 g/mol. The molecule has 1 N–H and O–H groups in total. The molecule has 0 aliphatic carbocycles. The van der Waals surface area contributed by atoms with Gasteiger partial charge in [-0.15, -0.1) is 0 Å². The summed E-state index contributed by atoms with van der Waals surface area (Å²) < 4.78 is 5.99. The third kappa shape index (κ3) is 5.54. The van der Waals surface area contributed by atoms with E-state index in [1.54, 1.807) is 24.3 Å². The molecule has 162 valence electrons. The number of nitrogens with zero attached hydrogens (tertiary/aromatic N) is 1. The molecule has 1 amide bonds. The van der Waals surface area contributed by atoms with Crippen LogP contribution in [-0.4, -0.2) is 11.1 Å². The standard InChI is InChI=1S/C25H20Cl2N2O2S/c1-15-6-8-21(10-16(15)2)28-25-29-24(30)23(32-25)13-18-12-20(27)7-9-22(18)31-14-17-4-3-5-19(26)11-17/h3-13H,14H2,1-2H3,(H,28,29,30)/b23-13-. The molecule has 3 aromatic rings. The minimum absolute atomic E-state index is 0.210. The molecule has 3 aromatic carbocycles. The second-order valence-electron chi connectivity index (χ2n) is 7.35. The predicted molar refractivity (Wildman–Crippen MR) is 134 cm³/mol. The van der Waals surface area contributed by atoms with E-state index in [1.807, 2.05) is 49.4 Å². The molecule has 7 heteroatoms. The van der Waals surface area contributed by atoms with Crippen molar-refractivity contribution in [3.63, 3.8) is 0 Å². The molecule has 4 rings (SSSR count). The van der Waals surface area contributed by atoms with Crippen molar-refractivity contribution in [2.24, 2.45) is 4.99 Å². The molecule has 0 unspecified atom stereocenters. The molecule has 0 saturated carbocycles. The fourth-order valence-corrected chi connectivity index (χ4v) is 4.31. The molecule has 0 spiro atoms. The highest BCUT2D eigenvalue weighted by Gasteiger charge is 2.24. The minimum atomic E-state index is -0.210. The van der Waals surface area contributed by atoms with E-state index in [0.29, 0.717) is 38.0 Å². The number of amidine groups is 1. The van der Waals surface area contributed by atoms with Crippen molar-refractivity contribution in [2.45, 2.75) is 20.5 Å². The van der Waals surface area contributed by atoms with Gasteiger partial charge in [0.05, 0.1) is 10.6 Å². The van der Waals surface area contributed by atoms with Crippen LogP contribution in [0.2, 0.25) is 10.0 Å². The van der Waals surface area contributed by atoms with Gasteiger partial charge in [-0.1, -0.05) is 41.4 Å². The number of benzene rings is 3. The number of thioether (sulfide) groups is 1. The number of amides is 1. The number of aliphatic imine (C=N–C) groups is 1. The zero-order valence-electron chi connectivity index (χ0n) is 17.5. The number of hydrogen-bond donors (Lipinski definition) is 1. The van der Waals surface area contributed by atoms with Gasteiger partial charge in [0.2, 0.25) is 0 Å². The molecular weight excluding hydrogens is 463 g/mol. The maximum atomic E-state index is 12.5. The van der Waals surface area contributed by atoms with Crippen LogP contribution in [0.5, 0.6) is 5.75 Å². The second-order valence-corrected chi connectivity index (χ2v) is 9.25. The molecule has 4 nitrogen and oxygen atoms in total. The zero-order chi connectivity index (χ0) is 22.7. The van der Waals surface area contributed by atoms with Crippen molar-refractivity contribution in [1.82, 2.24) is 5.32 Å². The highest BCUT2D eigenvalue weighted by Crippen LogP contribution is 2.32. The molecule has 0 bridgehead atoms. The Morgan fingerprint density at radius 1 is 1.00 bits per heavy atom. The first-order chi connectivity index (χ1) is 15.4. The second kappa shape index (κ2) is 9.82. The van der Waals surface area contributed by atoms with Crippen molar-refractivity contribution < 1.29 is 9.53 Å². The lowest BCUT2D eigenvalue weighted by Crippen LogP contribution is -2.19. The minimum Gasteiger partial charge on any atom is -0.488 e. The lowest BCUT2D eigenvalue weighted by Gasteiger charge is -2.10. The summed E-state index contributed by atoms with van der Waals surface area (Å²) in [5, 5.41) is 4.56. The van der Waals surface area contributed by atoms with Crippen LogP contribution in [-0.2, 0) is 11.4 Å². The van der Waals surface area contributed by atoms with Gasteiger partial charge in [-0.3, -0.25) is 4.79 Å². The van der Waals surface area contributed by atoms with E-state index < -0.39 is 0 Å². The Kier molecular flexibility index (Phi) is 6.89. The molecule has 32 heavy (non-hydrogen) atoms. The molecular formula is C25H20Cl2N2O2S. The highest BCUT2D eigenvalue weighted by molar-refractivity contribution is 8.18. The number of ether oxygens (including phenoxy) is 1. The van der Waals surface area contributed by atoms with Crippen LogP contribution >= 0.6 is 35.0 Å². The van der Waals surface area contributed by atoms with E-state index in [1.165, 1.54) is 17.3 Å². The fraction of sp³-hybridized carbons (Fsp3) is 0.120. The summed E-state index contributed by atoms with van der Waals surface area (Å²) in [7, 11) is 0. The summed E-state index contributed by atoms with van der Waals surface area (Å²) in [5.74, 6) is 0.410. The predicted octanol–water partition coefficient (Wildman–Crippen LogP) is 7.08. The Morgan fingerprint density at radius 3 is 2.59 bits per heavy atom. The number of carbonyl (C=O) groups excluding carboxylic acids is 1. The molecule has 1 heterocycles. The lowest BCUT2D eigenvalue weighted by molar-refractivity contribution is -0.115. The van der Waals surface area contributed by atoms with Gasteiger partial charge in [0.15, 0.2) is 5.17 Å². The zero-order valence-corrected chi connectivity index (χ0v) is 19.8. The van der Waals surface area contributed by atoms with Crippen LogP contribution in [0.1, 0.15) is 22.3 Å². The Morgan fingerprint density at radius 2 is 1.81 bits per heavy atom. The van der Waals surface area contributed by atoms with Gasteiger partial charge in [0, 0.05) is 15.6 Å². The summed E-state index contributed by atoms with van der Waals surface area (Å²) in [6.45, 7) is 4.43. The van der Waals surface area contributed by atoms with Crippen LogP contribution in [0.3, 0.4) is 0 Å². The Hall–Kier alpha value is -2.73. The summed E-state index contributed by atoms with van der Waals surface area (Å²) >= 11 is 13.5. The van der Waals surface area contributed by atoms with E-state index >= 15 is 0 Å². The summed E-state index contributed by atoms with van der Waals surface area (Å²) in [6, 6.07) is 18.7. The van der Waals surface area contributed by atoms with Gasteiger partial charge in [0.25, 0.3) is 5.91 Å². The Labute approximate surface area is 201 Å². The van der Waals surface area contributed by atoms with Crippen LogP contribution in [0, 0.1) is 13.8 Å². The van der Waals surface area contributed by atoms with E-state index in [-0.39, 0.29) is 5.91 Å². The van der Waals surface area contributed by atoms with Crippen LogP contribution in [0.4, 0.5) is 5.69 Å². The third-order valence-corrected chi connectivity index (χ3v) is 6.29. The van der Waals surface area contributed by atoms with Crippen molar-refractivity contribution in [3.05, 3.63) is 97.9 Å². The topological polar surface area (TPSA) is 50.7 Å². The third-order valence-electron chi connectivity index (χ3n) is 4.91. The van der Waals surface area contributed by atoms with Crippen molar-refractivity contribution in [1.29, 1.82) is 0 Å². The van der Waals surface area contributed by atoms with Gasteiger partial charge in [-0.05, 0) is 90.8 Å². The molecule has 0 radical (unpaired) electrons. The van der Waals surface area contributed by atoms with Crippen molar-refractivity contribution >= 4 is 57.8 Å². The molecule has 1 saturated heterocycles. The maximum absolute atomic E-state index is 12.5. The molecule has 1 aliphatic rings.